The topological polar surface area (TPSA) is 3.24 Å². The van der Waals surface area contributed by atoms with Gasteiger partial charge in [-0.2, -0.15) is 11.8 Å². The van der Waals surface area contributed by atoms with Gasteiger partial charge >= 0.3 is 0 Å². The monoisotopic (exact) mass is 601 g/mol. The van der Waals surface area contributed by atoms with E-state index in [-0.39, 0.29) is 0 Å². The average molecular weight is 602 g/mol. The van der Waals surface area contributed by atoms with Gasteiger partial charge in [0.25, 0.3) is 0 Å². The molecule has 44 heavy (non-hydrogen) atoms. The molecule has 10 atom stereocenters. The predicted molar refractivity (Wildman–Crippen MR) is 187 cm³/mol. The van der Waals surface area contributed by atoms with E-state index in [1.54, 1.807) is 12.0 Å². The van der Waals surface area contributed by atoms with E-state index in [0.29, 0.717) is 5.92 Å². The molecule has 0 radical (unpaired) electrons. The van der Waals surface area contributed by atoms with E-state index < -0.39 is 0 Å². The molecular weight excluding hydrogens is 551 g/mol. The van der Waals surface area contributed by atoms with Crippen molar-refractivity contribution in [3.63, 3.8) is 0 Å². The zero-order chi connectivity index (χ0) is 29.4. The predicted octanol–water partition coefficient (Wildman–Crippen LogP) is 10.8. The van der Waals surface area contributed by atoms with Crippen molar-refractivity contribution in [1.82, 2.24) is 4.90 Å². The van der Waals surface area contributed by atoms with Crippen LogP contribution in [0.15, 0.2) is 66.7 Å². The van der Waals surface area contributed by atoms with Crippen molar-refractivity contribution >= 4 is 11.8 Å². The maximum absolute atomic E-state index is 3.32. The van der Waals surface area contributed by atoms with Crippen LogP contribution in [0.2, 0.25) is 0 Å². The molecule has 0 aromatic heterocycles. The van der Waals surface area contributed by atoms with Crippen molar-refractivity contribution < 1.29 is 0 Å². The van der Waals surface area contributed by atoms with Crippen LogP contribution in [0.3, 0.4) is 0 Å². The fourth-order valence-electron chi connectivity index (χ4n) is 11.9. The summed E-state index contributed by atoms with van der Waals surface area (Å²) in [7, 11) is 0. The summed E-state index contributed by atoms with van der Waals surface area (Å²) in [4.78, 5) is 3.32. The minimum Gasteiger partial charge on any atom is -0.292 e. The van der Waals surface area contributed by atoms with E-state index in [1.165, 1.54) is 104 Å². The molecule has 2 aliphatic heterocycles. The Kier molecular flexibility index (Phi) is 7.27. The SMILES string of the molecule is Cc1ccccc1-c1cc(-c2cccc(C3CCC4SC5CCCC6C7CCCC8CCCC(C87)N(C4C3)C56)c2)ccc1C. The fourth-order valence-corrected chi connectivity index (χ4v) is 13.8. The quantitative estimate of drug-likeness (QED) is 0.294. The zero-order valence-corrected chi connectivity index (χ0v) is 27.8. The highest BCUT2D eigenvalue weighted by Crippen LogP contribution is 2.61. The molecule has 0 N–H and O–H groups in total. The third-order valence-corrected chi connectivity index (χ3v) is 15.4. The Bertz CT molecular complexity index is 1520. The first-order chi connectivity index (χ1) is 21.6. The highest BCUT2D eigenvalue weighted by molar-refractivity contribution is 8.00. The van der Waals surface area contributed by atoms with Crippen LogP contribution in [-0.4, -0.2) is 33.5 Å². The van der Waals surface area contributed by atoms with E-state index in [1.807, 2.05) is 0 Å². The van der Waals surface area contributed by atoms with Crippen LogP contribution in [0.4, 0.5) is 0 Å². The van der Waals surface area contributed by atoms with Crippen molar-refractivity contribution in [3.05, 3.63) is 83.4 Å². The number of piperidine rings is 1. The number of thioether (sulfide) groups is 1. The summed E-state index contributed by atoms with van der Waals surface area (Å²) in [6.45, 7) is 4.50. The van der Waals surface area contributed by atoms with Gasteiger partial charge in [-0.15, -0.1) is 0 Å². The van der Waals surface area contributed by atoms with Gasteiger partial charge in [0.15, 0.2) is 0 Å². The maximum Gasteiger partial charge on any atom is 0.0252 e. The molecule has 1 nitrogen and oxygen atoms in total. The summed E-state index contributed by atoms with van der Waals surface area (Å²) in [5, 5.41) is 1.78. The molecule has 0 amide bonds. The van der Waals surface area contributed by atoms with Gasteiger partial charge in [-0.3, -0.25) is 4.90 Å². The van der Waals surface area contributed by atoms with Gasteiger partial charge in [0.2, 0.25) is 0 Å². The Balaban J connectivity index is 1.03. The Labute approximate surface area is 270 Å². The van der Waals surface area contributed by atoms with Crippen LogP contribution in [0.1, 0.15) is 99.7 Å². The van der Waals surface area contributed by atoms with Crippen LogP contribution in [0, 0.1) is 37.5 Å². The molecular formula is C42H51NS. The van der Waals surface area contributed by atoms with Gasteiger partial charge in [-0.25, -0.2) is 0 Å². The molecule has 2 heterocycles. The van der Waals surface area contributed by atoms with Gasteiger partial charge in [-0.05, 0) is 133 Å². The number of hydrogen-bond acceptors (Lipinski definition) is 2. The molecule has 6 aliphatic rings. The third kappa shape index (κ3) is 4.59. The first kappa shape index (κ1) is 28.2. The minimum atomic E-state index is 0.695. The van der Waals surface area contributed by atoms with Gasteiger partial charge in [0, 0.05) is 28.6 Å². The van der Waals surface area contributed by atoms with Crippen LogP contribution >= 0.6 is 11.8 Å². The summed E-state index contributed by atoms with van der Waals surface area (Å²) in [5.74, 6) is 4.80. The molecule has 2 saturated heterocycles. The number of hydrogen-bond donors (Lipinski definition) is 0. The van der Waals surface area contributed by atoms with Crippen LogP contribution in [-0.2, 0) is 0 Å². The fraction of sp³-hybridized carbons (Fsp3) is 0.571. The number of rotatable bonds is 3. The second-order valence-corrected chi connectivity index (χ2v) is 17.2. The Hall–Kier alpha value is -2.03. The summed E-state index contributed by atoms with van der Waals surface area (Å²) >= 11 is 2.48. The standard InChI is InChI=1S/C42H51NS/c1-26-9-3-4-14-33(26)36-24-31(20-19-27(36)2)29-12-5-13-30(23-29)32-21-22-39-38(25-32)43-37-17-7-11-28-10-6-15-34(41(28)37)35-16-8-18-40(44-39)42(35)43/h3-5,9,12-14,19-20,23-24,28,32,34-35,37-42H,6-8,10-11,15-18,21-22,25H2,1-2H3. The molecule has 0 bridgehead atoms. The van der Waals surface area contributed by atoms with Gasteiger partial charge in [-0.1, -0.05) is 92.8 Å². The summed E-state index contributed by atoms with van der Waals surface area (Å²) in [6.07, 6.45) is 17.8. The Morgan fingerprint density at radius 3 is 2.32 bits per heavy atom. The van der Waals surface area contributed by atoms with Gasteiger partial charge < -0.3 is 0 Å². The van der Waals surface area contributed by atoms with E-state index >= 15 is 0 Å². The van der Waals surface area contributed by atoms with Crippen molar-refractivity contribution in [3.8, 4) is 22.3 Å². The summed E-state index contributed by atoms with van der Waals surface area (Å²) in [6, 6.07) is 28.3. The number of benzene rings is 3. The highest BCUT2D eigenvalue weighted by atomic mass is 32.2. The van der Waals surface area contributed by atoms with Crippen molar-refractivity contribution in [2.24, 2.45) is 23.7 Å². The van der Waals surface area contributed by atoms with Crippen LogP contribution in [0.5, 0.6) is 0 Å². The number of aryl methyl sites for hydroxylation is 2. The van der Waals surface area contributed by atoms with Crippen molar-refractivity contribution in [2.75, 3.05) is 0 Å². The van der Waals surface area contributed by atoms with Crippen molar-refractivity contribution in [2.45, 2.75) is 125 Å². The first-order valence-corrected chi connectivity index (χ1v) is 19.3. The molecule has 6 fully saturated rings. The summed E-state index contributed by atoms with van der Waals surface area (Å²) < 4.78 is 0. The van der Waals surface area contributed by atoms with E-state index in [4.69, 9.17) is 0 Å². The lowest BCUT2D eigenvalue weighted by Gasteiger charge is -2.67. The number of nitrogens with zero attached hydrogens (tertiary/aromatic N) is 1. The van der Waals surface area contributed by atoms with E-state index in [0.717, 1.165) is 52.3 Å². The smallest absolute Gasteiger partial charge is 0.0252 e. The normalized spacial score (nSPS) is 37.9. The Morgan fingerprint density at radius 1 is 0.614 bits per heavy atom. The largest absolute Gasteiger partial charge is 0.292 e. The van der Waals surface area contributed by atoms with Crippen molar-refractivity contribution in [1.29, 1.82) is 0 Å². The lowest BCUT2D eigenvalue weighted by Crippen LogP contribution is -2.72. The molecule has 230 valence electrons. The lowest BCUT2D eigenvalue weighted by atomic mass is 9.53. The minimum absolute atomic E-state index is 0.695. The molecule has 0 spiro atoms. The molecule has 3 aromatic carbocycles. The lowest BCUT2D eigenvalue weighted by molar-refractivity contribution is -0.139. The van der Waals surface area contributed by atoms with Gasteiger partial charge in [0.1, 0.15) is 0 Å². The molecule has 10 unspecified atom stereocenters. The molecule has 9 rings (SSSR count). The Morgan fingerprint density at radius 2 is 1.41 bits per heavy atom. The highest BCUT2D eigenvalue weighted by Gasteiger charge is 2.60. The zero-order valence-electron chi connectivity index (χ0n) is 27.0. The average Bonchev–Trinajstić information content (AvgIpc) is 3.07. The van der Waals surface area contributed by atoms with Crippen LogP contribution in [0.25, 0.3) is 22.3 Å². The number of fused-ring (bicyclic) bond motifs is 4. The van der Waals surface area contributed by atoms with Crippen LogP contribution < -0.4 is 0 Å². The maximum atomic E-state index is 3.32. The van der Waals surface area contributed by atoms with E-state index in [9.17, 15) is 0 Å². The van der Waals surface area contributed by atoms with Gasteiger partial charge in [0.05, 0.1) is 0 Å². The van der Waals surface area contributed by atoms with E-state index in [2.05, 4.69) is 97.2 Å². The third-order valence-electron chi connectivity index (χ3n) is 13.6. The first-order valence-electron chi connectivity index (χ1n) is 18.3. The molecule has 4 aliphatic carbocycles. The summed E-state index contributed by atoms with van der Waals surface area (Å²) in [5.41, 5.74) is 9.80. The molecule has 4 saturated carbocycles. The second kappa shape index (κ2) is 11.3. The second-order valence-electron chi connectivity index (χ2n) is 15.7. The molecule has 2 heteroatoms. The molecule has 3 aromatic rings.